The van der Waals surface area contributed by atoms with Gasteiger partial charge in [-0.15, -0.1) is 0 Å². The van der Waals surface area contributed by atoms with Crippen LogP contribution in [-0.4, -0.2) is 17.5 Å². The average Bonchev–Trinajstić information content (AvgIpc) is 2.01. The van der Waals surface area contributed by atoms with Crippen LogP contribution in [0, 0.1) is 17.3 Å². The molecule has 0 spiro atoms. The first-order valence-corrected chi connectivity index (χ1v) is 5.66. The molecular weight excluding hydrogens is 176 g/mol. The number of aliphatic hydroxyl groups is 1. The second-order valence-electron chi connectivity index (χ2n) is 5.87. The second-order valence-corrected chi connectivity index (χ2v) is 5.87. The van der Waals surface area contributed by atoms with E-state index in [0.29, 0.717) is 11.8 Å². The van der Waals surface area contributed by atoms with Crippen molar-refractivity contribution >= 4 is 0 Å². The van der Waals surface area contributed by atoms with Gasteiger partial charge in [0.2, 0.25) is 0 Å². The molecule has 0 aromatic rings. The summed E-state index contributed by atoms with van der Waals surface area (Å²) >= 11 is 0. The molecule has 1 heterocycles. The number of hydrogen-bond donors (Lipinski definition) is 1. The van der Waals surface area contributed by atoms with Crippen LogP contribution < -0.4 is 0 Å². The molecule has 14 heavy (non-hydrogen) atoms. The van der Waals surface area contributed by atoms with Gasteiger partial charge in [-0.2, -0.15) is 0 Å². The Bertz CT molecular complexity index is 181. The van der Waals surface area contributed by atoms with Crippen molar-refractivity contribution in [2.75, 3.05) is 0 Å². The molecule has 1 saturated heterocycles. The second kappa shape index (κ2) is 4.19. The highest BCUT2D eigenvalue weighted by Gasteiger charge is 2.36. The molecule has 3 atom stereocenters. The Morgan fingerprint density at radius 3 is 2.14 bits per heavy atom. The summed E-state index contributed by atoms with van der Waals surface area (Å²) in [7, 11) is 0. The lowest BCUT2D eigenvalue weighted by molar-refractivity contribution is -0.224. The van der Waals surface area contributed by atoms with E-state index in [0.717, 1.165) is 12.8 Å². The van der Waals surface area contributed by atoms with Gasteiger partial charge in [0, 0.05) is 5.92 Å². The zero-order chi connectivity index (χ0) is 10.9. The molecule has 0 radical (unpaired) electrons. The van der Waals surface area contributed by atoms with E-state index < -0.39 is 6.29 Å². The van der Waals surface area contributed by atoms with Crippen molar-refractivity contribution < 1.29 is 9.84 Å². The molecule has 0 aromatic heterocycles. The minimum Gasteiger partial charge on any atom is -0.368 e. The van der Waals surface area contributed by atoms with E-state index in [2.05, 4.69) is 34.6 Å². The molecule has 0 bridgehead atoms. The normalized spacial score (nSPS) is 34.9. The molecule has 1 aliphatic heterocycles. The summed E-state index contributed by atoms with van der Waals surface area (Å²) in [6.45, 7) is 10.8. The maximum atomic E-state index is 9.85. The fourth-order valence-electron chi connectivity index (χ4n) is 2.12. The van der Waals surface area contributed by atoms with Gasteiger partial charge in [0.05, 0.1) is 6.10 Å². The summed E-state index contributed by atoms with van der Waals surface area (Å²) < 4.78 is 5.68. The van der Waals surface area contributed by atoms with Gasteiger partial charge in [-0.3, -0.25) is 0 Å². The van der Waals surface area contributed by atoms with Gasteiger partial charge in [-0.1, -0.05) is 34.6 Å². The molecule has 0 saturated carbocycles. The fraction of sp³-hybridized carbons (Fsp3) is 1.00. The number of rotatable bonds is 1. The molecule has 84 valence electrons. The van der Waals surface area contributed by atoms with Crippen LogP contribution in [0.25, 0.3) is 0 Å². The van der Waals surface area contributed by atoms with Crippen LogP contribution in [0.4, 0.5) is 0 Å². The molecule has 2 heteroatoms. The van der Waals surface area contributed by atoms with Crippen LogP contribution in [0.15, 0.2) is 0 Å². The van der Waals surface area contributed by atoms with Crippen molar-refractivity contribution in [3.8, 4) is 0 Å². The van der Waals surface area contributed by atoms with Crippen LogP contribution in [0.5, 0.6) is 0 Å². The van der Waals surface area contributed by atoms with E-state index in [1.807, 2.05) is 0 Å². The van der Waals surface area contributed by atoms with Gasteiger partial charge in [0.25, 0.3) is 0 Å². The topological polar surface area (TPSA) is 29.5 Å². The summed E-state index contributed by atoms with van der Waals surface area (Å²) in [6.07, 6.45) is 1.80. The number of hydrogen-bond acceptors (Lipinski definition) is 2. The quantitative estimate of drug-likeness (QED) is 0.705. The Balaban J connectivity index is 2.55. The summed E-state index contributed by atoms with van der Waals surface area (Å²) in [4.78, 5) is 0. The molecule has 2 nitrogen and oxygen atoms in total. The first-order valence-electron chi connectivity index (χ1n) is 5.66. The minimum atomic E-state index is -0.562. The van der Waals surface area contributed by atoms with Gasteiger partial charge < -0.3 is 9.84 Å². The lowest BCUT2D eigenvalue weighted by atomic mass is 9.80. The highest BCUT2D eigenvalue weighted by atomic mass is 16.6. The van der Waals surface area contributed by atoms with E-state index >= 15 is 0 Å². The summed E-state index contributed by atoms with van der Waals surface area (Å²) in [6, 6.07) is 0. The van der Waals surface area contributed by atoms with E-state index in [1.54, 1.807) is 0 Å². The van der Waals surface area contributed by atoms with Crippen molar-refractivity contribution in [1.82, 2.24) is 0 Å². The molecule has 3 unspecified atom stereocenters. The van der Waals surface area contributed by atoms with Crippen LogP contribution in [-0.2, 0) is 4.74 Å². The van der Waals surface area contributed by atoms with Gasteiger partial charge in [-0.05, 0) is 24.2 Å². The number of aliphatic hydroxyl groups excluding tert-OH is 1. The Kier molecular flexibility index (Phi) is 3.59. The fourth-order valence-corrected chi connectivity index (χ4v) is 2.12. The monoisotopic (exact) mass is 200 g/mol. The molecule has 0 amide bonds. The third-order valence-corrected chi connectivity index (χ3v) is 3.25. The van der Waals surface area contributed by atoms with Crippen LogP contribution in [0.2, 0.25) is 0 Å². The first kappa shape index (κ1) is 12.0. The van der Waals surface area contributed by atoms with Gasteiger partial charge in [0.15, 0.2) is 6.29 Å². The zero-order valence-corrected chi connectivity index (χ0v) is 10.1. The molecule has 1 fully saturated rings. The van der Waals surface area contributed by atoms with Crippen molar-refractivity contribution in [2.45, 2.75) is 59.9 Å². The van der Waals surface area contributed by atoms with Crippen molar-refractivity contribution in [1.29, 1.82) is 0 Å². The third kappa shape index (κ3) is 2.71. The summed E-state index contributed by atoms with van der Waals surface area (Å²) in [5, 5.41) is 9.85. The van der Waals surface area contributed by atoms with Crippen molar-refractivity contribution in [3.63, 3.8) is 0 Å². The van der Waals surface area contributed by atoms with Crippen LogP contribution in [0.1, 0.15) is 47.5 Å². The van der Waals surface area contributed by atoms with Gasteiger partial charge in [-0.25, -0.2) is 0 Å². The van der Waals surface area contributed by atoms with Gasteiger partial charge in [0.1, 0.15) is 0 Å². The van der Waals surface area contributed by atoms with E-state index in [4.69, 9.17) is 4.74 Å². The summed E-state index contributed by atoms with van der Waals surface area (Å²) in [5.74, 6) is 0.819. The van der Waals surface area contributed by atoms with Crippen LogP contribution in [0.3, 0.4) is 0 Å². The predicted octanol–water partition coefficient (Wildman–Crippen LogP) is 2.80. The highest BCUT2D eigenvalue weighted by Crippen LogP contribution is 2.36. The first-order chi connectivity index (χ1) is 6.32. The zero-order valence-electron chi connectivity index (χ0n) is 10.1. The Morgan fingerprint density at radius 1 is 1.21 bits per heavy atom. The average molecular weight is 200 g/mol. The molecule has 1 aliphatic rings. The van der Waals surface area contributed by atoms with Crippen LogP contribution >= 0.6 is 0 Å². The van der Waals surface area contributed by atoms with Crippen molar-refractivity contribution in [2.24, 2.45) is 17.3 Å². The Morgan fingerprint density at radius 2 is 1.79 bits per heavy atom. The van der Waals surface area contributed by atoms with E-state index in [1.165, 1.54) is 0 Å². The number of ether oxygens (including phenoxy) is 1. The molecule has 1 rings (SSSR count). The highest BCUT2D eigenvalue weighted by molar-refractivity contribution is 4.82. The molecule has 0 aliphatic carbocycles. The smallest absolute Gasteiger partial charge is 0.157 e. The lowest BCUT2D eigenvalue weighted by Crippen LogP contribution is -2.42. The molecule has 0 aromatic carbocycles. The van der Waals surface area contributed by atoms with E-state index in [-0.39, 0.29) is 11.5 Å². The Hall–Kier alpha value is -0.0800. The maximum absolute atomic E-state index is 9.85. The standard InChI is InChI=1S/C12H24O2/c1-8(2)9-6-7-10(12(3,4)5)14-11(9)13/h8-11,13H,6-7H2,1-5H3. The molecule has 1 N–H and O–H groups in total. The SMILES string of the molecule is CC(C)C1CCC(C(C)(C)C)OC1O. The van der Waals surface area contributed by atoms with Gasteiger partial charge >= 0.3 is 0 Å². The minimum absolute atomic E-state index is 0.142. The van der Waals surface area contributed by atoms with Crippen molar-refractivity contribution in [3.05, 3.63) is 0 Å². The molecular formula is C12H24O2. The largest absolute Gasteiger partial charge is 0.368 e. The predicted molar refractivity (Wildman–Crippen MR) is 57.9 cm³/mol. The third-order valence-electron chi connectivity index (χ3n) is 3.25. The maximum Gasteiger partial charge on any atom is 0.157 e. The lowest BCUT2D eigenvalue weighted by Gasteiger charge is -2.41. The Labute approximate surface area is 87.7 Å². The summed E-state index contributed by atoms with van der Waals surface area (Å²) in [5.41, 5.74) is 0.142. The van der Waals surface area contributed by atoms with E-state index in [9.17, 15) is 5.11 Å².